The summed E-state index contributed by atoms with van der Waals surface area (Å²) in [7, 11) is 1.21. The van der Waals surface area contributed by atoms with E-state index in [1.807, 2.05) is 0 Å². The number of carbonyl (C=O) groups excluding carboxylic acids is 8. The van der Waals surface area contributed by atoms with E-state index in [-0.39, 0.29) is 57.6 Å². The molecule has 0 aromatic heterocycles. The summed E-state index contributed by atoms with van der Waals surface area (Å²) in [5.41, 5.74) is -0.0996. The predicted molar refractivity (Wildman–Crippen MR) is 181 cm³/mol. The number of hydrogen-bond donors (Lipinski definition) is 0. The number of benzene rings is 3. The van der Waals surface area contributed by atoms with Gasteiger partial charge in [0, 0.05) is 78.1 Å². The Morgan fingerprint density at radius 3 is 1.40 bits per heavy atom. The maximum absolute atomic E-state index is 14.0. The first-order valence-corrected chi connectivity index (χ1v) is 16.1. The van der Waals surface area contributed by atoms with Crippen molar-refractivity contribution in [3.63, 3.8) is 0 Å². The van der Waals surface area contributed by atoms with Gasteiger partial charge in [0.05, 0.1) is 12.7 Å². The summed E-state index contributed by atoms with van der Waals surface area (Å²) in [5, 5.41) is 0. The van der Waals surface area contributed by atoms with Gasteiger partial charge < -0.3 is 47.4 Å². The smallest absolute Gasteiger partial charge is 0.338 e. The summed E-state index contributed by atoms with van der Waals surface area (Å²) < 4.78 is 54.5. The Morgan fingerprint density at radius 1 is 0.527 bits per heavy atom. The molecule has 0 bridgehead atoms. The number of ether oxygens (including phenoxy) is 10. The fourth-order valence-corrected chi connectivity index (χ4v) is 5.31. The van der Waals surface area contributed by atoms with E-state index in [0.717, 1.165) is 60.6 Å². The molecule has 0 spiro atoms. The van der Waals surface area contributed by atoms with Crippen LogP contribution >= 0.6 is 0 Å². The fraction of sp³-hybridized carbons (Fsp3) is 0.297. The molecule has 18 nitrogen and oxygen atoms in total. The molecule has 18 heteroatoms. The minimum Gasteiger partial charge on any atom is -0.490 e. The van der Waals surface area contributed by atoms with Crippen LogP contribution in [0.5, 0.6) is 51.7 Å². The van der Waals surface area contributed by atoms with Gasteiger partial charge in [0.1, 0.15) is 23.4 Å². The van der Waals surface area contributed by atoms with Crippen molar-refractivity contribution in [2.45, 2.75) is 67.1 Å². The molecule has 0 saturated heterocycles. The number of carbonyl (C=O) groups is 8. The van der Waals surface area contributed by atoms with Crippen LogP contribution < -0.4 is 42.6 Å². The minimum atomic E-state index is -1.40. The third-order valence-corrected chi connectivity index (χ3v) is 7.00. The fourth-order valence-electron chi connectivity index (χ4n) is 5.31. The first kappa shape index (κ1) is 40.8. The second-order valence-corrected chi connectivity index (χ2v) is 11.6. The average Bonchev–Trinajstić information content (AvgIpc) is 3.04. The van der Waals surface area contributed by atoms with E-state index in [1.165, 1.54) is 31.4 Å². The van der Waals surface area contributed by atoms with Gasteiger partial charge in [-0.25, -0.2) is 4.79 Å². The summed E-state index contributed by atoms with van der Waals surface area (Å²) in [4.78, 5) is 98.2. The zero-order valence-corrected chi connectivity index (χ0v) is 30.7. The van der Waals surface area contributed by atoms with Crippen molar-refractivity contribution >= 4 is 47.8 Å². The van der Waals surface area contributed by atoms with Crippen molar-refractivity contribution in [1.82, 2.24) is 0 Å². The largest absolute Gasteiger partial charge is 0.490 e. The number of hydrogen-bond acceptors (Lipinski definition) is 18. The molecular weight excluding hydrogens is 732 g/mol. The van der Waals surface area contributed by atoms with Crippen molar-refractivity contribution in [1.29, 1.82) is 0 Å². The summed E-state index contributed by atoms with van der Waals surface area (Å²) >= 11 is 0. The van der Waals surface area contributed by atoms with Crippen LogP contribution in [-0.4, -0.2) is 61.0 Å². The molecular formula is C37H34O18. The first-order chi connectivity index (χ1) is 25.8. The topological polar surface area (TPSA) is 229 Å². The molecule has 0 amide bonds. The van der Waals surface area contributed by atoms with Gasteiger partial charge in [-0.05, 0) is 24.3 Å². The number of methoxy groups -OCH3 is 1. The zero-order valence-electron chi connectivity index (χ0n) is 30.7. The molecule has 1 aliphatic heterocycles. The van der Waals surface area contributed by atoms with E-state index in [9.17, 15) is 38.4 Å². The molecule has 55 heavy (non-hydrogen) atoms. The van der Waals surface area contributed by atoms with Gasteiger partial charge in [0.2, 0.25) is 11.5 Å². The van der Waals surface area contributed by atoms with Crippen LogP contribution in [0.2, 0.25) is 0 Å². The lowest BCUT2D eigenvalue weighted by atomic mass is 9.93. The molecule has 3 aromatic rings. The Bertz CT molecular complexity index is 2020. The summed E-state index contributed by atoms with van der Waals surface area (Å²) in [6.45, 7) is 7.61. The molecule has 3 aromatic carbocycles. The molecule has 2 atom stereocenters. The van der Waals surface area contributed by atoms with Crippen LogP contribution in [-0.2, 0) is 44.7 Å². The van der Waals surface area contributed by atoms with Crippen molar-refractivity contribution in [3.8, 4) is 51.7 Å². The van der Waals surface area contributed by atoms with E-state index < -0.39 is 77.2 Å². The van der Waals surface area contributed by atoms with E-state index in [2.05, 4.69) is 0 Å². The van der Waals surface area contributed by atoms with Crippen LogP contribution in [0.1, 0.15) is 76.1 Å². The van der Waals surface area contributed by atoms with Gasteiger partial charge in [-0.1, -0.05) is 0 Å². The Kier molecular flexibility index (Phi) is 12.8. The van der Waals surface area contributed by atoms with Crippen molar-refractivity contribution in [2.75, 3.05) is 7.11 Å². The van der Waals surface area contributed by atoms with Crippen LogP contribution in [0.15, 0.2) is 36.4 Å². The molecule has 0 N–H and O–H groups in total. The van der Waals surface area contributed by atoms with Gasteiger partial charge >= 0.3 is 47.8 Å². The molecule has 0 fully saturated rings. The lowest BCUT2D eigenvalue weighted by Gasteiger charge is -2.34. The van der Waals surface area contributed by atoms with Crippen LogP contribution in [0, 0.1) is 0 Å². The Morgan fingerprint density at radius 2 is 0.964 bits per heavy atom. The van der Waals surface area contributed by atoms with E-state index in [4.69, 9.17) is 47.4 Å². The zero-order chi connectivity index (χ0) is 40.7. The van der Waals surface area contributed by atoms with E-state index >= 15 is 0 Å². The van der Waals surface area contributed by atoms with Gasteiger partial charge in [0.25, 0.3) is 0 Å². The lowest BCUT2D eigenvalue weighted by Crippen LogP contribution is -2.35. The highest BCUT2D eigenvalue weighted by Crippen LogP contribution is 2.48. The monoisotopic (exact) mass is 766 g/mol. The average molecular weight is 767 g/mol. The third kappa shape index (κ3) is 10.6. The van der Waals surface area contributed by atoms with Gasteiger partial charge in [0.15, 0.2) is 29.1 Å². The van der Waals surface area contributed by atoms with Crippen molar-refractivity contribution in [2.24, 2.45) is 0 Å². The summed E-state index contributed by atoms with van der Waals surface area (Å²) in [6.07, 6.45) is -3.06. The normalized spacial score (nSPS) is 14.1. The van der Waals surface area contributed by atoms with E-state index in [0.29, 0.717) is 0 Å². The number of rotatable bonds is 11. The highest BCUT2D eigenvalue weighted by Gasteiger charge is 2.39. The van der Waals surface area contributed by atoms with Gasteiger partial charge in [-0.3, -0.25) is 33.6 Å². The maximum Gasteiger partial charge on any atom is 0.338 e. The molecule has 290 valence electrons. The Balaban J connectivity index is 1.96. The quantitative estimate of drug-likeness (QED) is 0.198. The summed E-state index contributed by atoms with van der Waals surface area (Å²) in [5.74, 6) is -8.96. The number of esters is 8. The molecule has 0 saturated carbocycles. The van der Waals surface area contributed by atoms with Gasteiger partial charge in [-0.2, -0.15) is 0 Å². The summed E-state index contributed by atoms with van der Waals surface area (Å²) in [6, 6.07) is 7.17. The van der Waals surface area contributed by atoms with Crippen LogP contribution in [0.25, 0.3) is 0 Å². The highest BCUT2D eigenvalue weighted by molar-refractivity contribution is 5.92. The SMILES string of the molecule is COc1c(OC(C)=O)cc(C(=O)O[C@@H]2Cc3c(OC(C)=O)cc(OC(C)=O)cc3O[C@@H]2c2cc(OC(C)=O)c(OC(C)=O)c(OC(C)=O)c2)cc1OC(C)=O. The lowest BCUT2D eigenvalue weighted by molar-refractivity contribution is -0.135. The Labute approximate surface area is 312 Å². The maximum atomic E-state index is 14.0. The third-order valence-electron chi connectivity index (χ3n) is 7.00. The second kappa shape index (κ2) is 17.2. The minimum absolute atomic E-state index is 0.0156. The second-order valence-electron chi connectivity index (χ2n) is 11.6. The molecule has 0 radical (unpaired) electrons. The molecule has 1 aliphatic rings. The molecule has 1 heterocycles. The predicted octanol–water partition coefficient (Wildman–Crippen LogP) is 4.07. The standard InChI is InChI=1S/C37H34O18/c1-16(38)47-25-13-27(48-17(2)39)26-15-33(55-37(45)24-11-29(49-18(3)40)35(46-8)30(12-24)50-19(4)41)34(54-28(26)14-25)23-9-31(51-20(5)42)36(53-22(7)44)32(10-23)52-21(6)43/h9-14,33-34H,15H2,1-8H3/t33-,34-/m1/s1. The number of fused-ring (bicyclic) bond motifs is 1. The highest BCUT2D eigenvalue weighted by atomic mass is 16.6. The van der Waals surface area contributed by atoms with Crippen molar-refractivity contribution in [3.05, 3.63) is 53.1 Å². The van der Waals surface area contributed by atoms with E-state index in [1.54, 1.807) is 0 Å². The van der Waals surface area contributed by atoms with Crippen molar-refractivity contribution < 1.29 is 85.7 Å². The van der Waals surface area contributed by atoms with Crippen LogP contribution in [0.4, 0.5) is 0 Å². The molecule has 0 unspecified atom stereocenters. The van der Waals surface area contributed by atoms with Gasteiger partial charge in [-0.15, -0.1) is 0 Å². The van der Waals surface area contributed by atoms with Crippen LogP contribution in [0.3, 0.4) is 0 Å². The molecule has 4 rings (SSSR count). The Hall–Kier alpha value is -6.98. The first-order valence-electron chi connectivity index (χ1n) is 16.1. The molecule has 0 aliphatic carbocycles.